The van der Waals surface area contributed by atoms with Crippen molar-refractivity contribution in [3.05, 3.63) is 46.1 Å². The van der Waals surface area contributed by atoms with Crippen molar-refractivity contribution < 1.29 is 23.8 Å². The Morgan fingerprint density at radius 3 is 2.60 bits per heavy atom. The number of hydrogen-bond donors (Lipinski definition) is 1. The quantitative estimate of drug-likeness (QED) is 0.310. The maximum Gasteiger partial charge on any atom is 0.341 e. The summed E-state index contributed by atoms with van der Waals surface area (Å²) in [5.74, 6) is 1.64. The standard InChI is InChI=1S/C24H28N4O5S2/c1-5-28-21(14(2)33-16-11-9-15(31-3)10-12-16)26-27-24(28)34-13-19(29)25-22-20(23(30)32-4)17-7-6-8-18(17)35-22/h9-12,14H,5-8,13H2,1-4H3,(H,25,29). The lowest BCUT2D eigenvalue weighted by Crippen LogP contribution is -2.17. The van der Waals surface area contributed by atoms with Gasteiger partial charge in [-0.2, -0.15) is 0 Å². The summed E-state index contributed by atoms with van der Waals surface area (Å²) in [5, 5.41) is 12.7. The summed E-state index contributed by atoms with van der Waals surface area (Å²) in [6.45, 7) is 4.53. The van der Waals surface area contributed by atoms with Gasteiger partial charge in [0, 0.05) is 11.4 Å². The first-order valence-electron chi connectivity index (χ1n) is 11.3. The van der Waals surface area contributed by atoms with Gasteiger partial charge in [0.15, 0.2) is 17.1 Å². The number of carbonyl (C=O) groups is 2. The van der Waals surface area contributed by atoms with Gasteiger partial charge < -0.3 is 24.1 Å². The van der Waals surface area contributed by atoms with E-state index in [0.717, 1.165) is 35.5 Å². The minimum atomic E-state index is -0.409. The van der Waals surface area contributed by atoms with E-state index in [2.05, 4.69) is 15.5 Å². The number of thioether (sulfide) groups is 1. The molecule has 1 aliphatic rings. The number of anilines is 1. The van der Waals surface area contributed by atoms with Gasteiger partial charge in [0.25, 0.3) is 0 Å². The Bertz CT molecular complexity index is 1210. The molecule has 0 aliphatic heterocycles. The maximum absolute atomic E-state index is 12.7. The predicted molar refractivity (Wildman–Crippen MR) is 135 cm³/mol. The van der Waals surface area contributed by atoms with Crippen molar-refractivity contribution in [1.29, 1.82) is 0 Å². The smallest absolute Gasteiger partial charge is 0.341 e. The molecule has 1 atom stereocenters. The summed E-state index contributed by atoms with van der Waals surface area (Å²) in [6.07, 6.45) is 2.44. The van der Waals surface area contributed by atoms with Crippen LogP contribution in [0.1, 0.15) is 53.0 Å². The molecule has 1 amide bonds. The lowest BCUT2D eigenvalue weighted by Gasteiger charge is -2.15. The van der Waals surface area contributed by atoms with Crippen molar-refractivity contribution in [2.75, 3.05) is 25.3 Å². The van der Waals surface area contributed by atoms with Crippen LogP contribution in [0.3, 0.4) is 0 Å². The van der Waals surface area contributed by atoms with Gasteiger partial charge in [-0.1, -0.05) is 11.8 Å². The largest absolute Gasteiger partial charge is 0.497 e. The molecular weight excluding hydrogens is 488 g/mol. The van der Waals surface area contributed by atoms with Gasteiger partial charge in [-0.05, 0) is 62.9 Å². The van der Waals surface area contributed by atoms with Gasteiger partial charge in [0.1, 0.15) is 16.5 Å². The van der Waals surface area contributed by atoms with Gasteiger partial charge >= 0.3 is 5.97 Å². The van der Waals surface area contributed by atoms with Crippen LogP contribution in [0.4, 0.5) is 5.00 Å². The molecule has 0 saturated carbocycles. The highest BCUT2D eigenvalue weighted by Gasteiger charge is 2.28. The Kier molecular flexibility index (Phi) is 7.97. The minimum Gasteiger partial charge on any atom is -0.497 e. The van der Waals surface area contributed by atoms with Crippen molar-refractivity contribution >= 4 is 40.0 Å². The Balaban J connectivity index is 1.40. The van der Waals surface area contributed by atoms with E-state index < -0.39 is 5.97 Å². The monoisotopic (exact) mass is 516 g/mol. The number of rotatable bonds is 10. The van der Waals surface area contributed by atoms with Crippen molar-refractivity contribution in [3.8, 4) is 11.5 Å². The summed E-state index contributed by atoms with van der Waals surface area (Å²) in [7, 11) is 2.98. The van der Waals surface area contributed by atoms with E-state index in [0.29, 0.717) is 33.8 Å². The highest BCUT2D eigenvalue weighted by Crippen LogP contribution is 2.39. The Morgan fingerprint density at radius 2 is 1.91 bits per heavy atom. The van der Waals surface area contributed by atoms with Crippen LogP contribution in [0.5, 0.6) is 11.5 Å². The fourth-order valence-electron chi connectivity index (χ4n) is 4.02. The number of nitrogens with zero attached hydrogens (tertiary/aromatic N) is 3. The SMILES string of the molecule is CCn1c(SCC(=O)Nc2sc3c(c2C(=O)OC)CCC3)nnc1C(C)Oc1ccc(OC)cc1. The summed E-state index contributed by atoms with van der Waals surface area (Å²) in [4.78, 5) is 26.2. The lowest BCUT2D eigenvalue weighted by molar-refractivity contribution is -0.113. The molecule has 3 aromatic rings. The minimum absolute atomic E-state index is 0.134. The fraction of sp³-hybridized carbons (Fsp3) is 0.417. The van der Waals surface area contributed by atoms with Gasteiger partial charge in [-0.25, -0.2) is 4.79 Å². The zero-order valence-electron chi connectivity index (χ0n) is 20.1. The fourth-order valence-corrected chi connectivity index (χ4v) is 6.12. The van der Waals surface area contributed by atoms with E-state index in [1.807, 2.05) is 42.7 Å². The second-order valence-corrected chi connectivity index (χ2v) is 9.96. The lowest BCUT2D eigenvalue weighted by atomic mass is 10.1. The Labute approximate surface area is 212 Å². The summed E-state index contributed by atoms with van der Waals surface area (Å²) in [6, 6.07) is 7.34. The molecule has 2 aromatic heterocycles. The highest BCUT2D eigenvalue weighted by molar-refractivity contribution is 7.99. The summed E-state index contributed by atoms with van der Waals surface area (Å²) in [5.41, 5.74) is 1.50. The van der Waals surface area contributed by atoms with Crippen LogP contribution in [0, 0.1) is 0 Å². The van der Waals surface area contributed by atoms with Crippen LogP contribution < -0.4 is 14.8 Å². The van der Waals surface area contributed by atoms with Crippen molar-refractivity contribution in [2.45, 2.75) is 50.9 Å². The van der Waals surface area contributed by atoms with Crippen molar-refractivity contribution in [1.82, 2.24) is 14.8 Å². The van der Waals surface area contributed by atoms with Crippen LogP contribution in [0.2, 0.25) is 0 Å². The first kappa shape index (κ1) is 25.1. The molecule has 9 nitrogen and oxygen atoms in total. The predicted octanol–water partition coefficient (Wildman–Crippen LogP) is 4.51. The van der Waals surface area contributed by atoms with Crippen LogP contribution in [-0.2, 0) is 28.9 Å². The van der Waals surface area contributed by atoms with Crippen molar-refractivity contribution in [3.63, 3.8) is 0 Å². The zero-order valence-corrected chi connectivity index (χ0v) is 21.8. The second-order valence-electron chi connectivity index (χ2n) is 7.91. The zero-order chi connectivity index (χ0) is 24.9. The number of fused-ring (bicyclic) bond motifs is 1. The number of amides is 1. The number of carbonyl (C=O) groups excluding carboxylic acids is 2. The number of hydrogen-bond acceptors (Lipinski definition) is 9. The molecule has 2 heterocycles. The number of ether oxygens (including phenoxy) is 3. The molecule has 1 N–H and O–H groups in total. The Morgan fingerprint density at radius 1 is 1.17 bits per heavy atom. The first-order valence-corrected chi connectivity index (χ1v) is 13.1. The van der Waals surface area contributed by atoms with E-state index in [1.165, 1.54) is 30.2 Å². The van der Waals surface area contributed by atoms with Crippen LogP contribution in [0.25, 0.3) is 0 Å². The molecule has 186 valence electrons. The average molecular weight is 517 g/mol. The van der Waals surface area contributed by atoms with E-state index in [4.69, 9.17) is 14.2 Å². The molecular formula is C24H28N4O5S2. The molecule has 1 aromatic carbocycles. The number of aromatic nitrogens is 3. The van der Waals surface area contributed by atoms with Crippen molar-refractivity contribution in [2.24, 2.45) is 0 Å². The molecule has 0 spiro atoms. The van der Waals surface area contributed by atoms with Gasteiger partial charge in [-0.3, -0.25) is 4.79 Å². The molecule has 0 saturated heterocycles. The number of methoxy groups -OCH3 is 2. The number of nitrogens with one attached hydrogen (secondary N) is 1. The number of aryl methyl sites for hydroxylation is 1. The van der Waals surface area contributed by atoms with Crippen LogP contribution in [0.15, 0.2) is 29.4 Å². The van der Waals surface area contributed by atoms with E-state index in [-0.39, 0.29) is 17.8 Å². The van der Waals surface area contributed by atoms with E-state index in [1.54, 1.807) is 7.11 Å². The second kappa shape index (κ2) is 11.1. The molecule has 0 bridgehead atoms. The van der Waals surface area contributed by atoms with Gasteiger partial charge in [0.2, 0.25) is 5.91 Å². The molecule has 1 unspecified atom stereocenters. The molecule has 4 rings (SSSR count). The molecule has 0 radical (unpaired) electrons. The first-order chi connectivity index (χ1) is 16.9. The van der Waals surface area contributed by atoms with Crippen LogP contribution in [-0.4, -0.2) is 46.6 Å². The third-order valence-corrected chi connectivity index (χ3v) is 7.87. The third-order valence-electron chi connectivity index (χ3n) is 5.69. The molecule has 0 fully saturated rings. The number of thiophene rings is 1. The topological polar surface area (TPSA) is 105 Å². The van der Waals surface area contributed by atoms with E-state index >= 15 is 0 Å². The average Bonchev–Trinajstić information content (AvgIpc) is 3.57. The summed E-state index contributed by atoms with van der Waals surface area (Å²) < 4.78 is 18.1. The summed E-state index contributed by atoms with van der Waals surface area (Å²) >= 11 is 2.75. The van der Waals surface area contributed by atoms with Gasteiger partial charge in [-0.15, -0.1) is 21.5 Å². The maximum atomic E-state index is 12.7. The van der Waals surface area contributed by atoms with E-state index in [9.17, 15) is 9.59 Å². The molecule has 11 heteroatoms. The normalized spacial score (nSPS) is 13.3. The molecule has 1 aliphatic carbocycles. The number of benzene rings is 1. The van der Waals surface area contributed by atoms with Crippen LogP contribution >= 0.6 is 23.1 Å². The number of esters is 1. The molecule has 35 heavy (non-hydrogen) atoms. The Hall–Kier alpha value is -3.05. The highest BCUT2D eigenvalue weighted by atomic mass is 32.2. The third kappa shape index (κ3) is 5.46. The van der Waals surface area contributed by atoms with Gasteiger partial charge in [0.05, 0.1) is 25.5 Å².